The molecule has 0 saturated carbocycles. The molecule has 0 aromatic rings. The van der Waals surface area contributed by atoms with Crippen LogP contribution in [0.3, 0.4) is 0 Å². The van der Waals surface area contributed by atoms with Crippen LogP contribution in [-0.4, -0.2) is 49.3 Å². The molecule has 3 rings (SSSR count). The van der Waals surface area contributed by atoms with Gasteiger partial charge in [-0.05, 0) is 32.7 Å². The minimum atomic E-state index is -0.264. The van der Waals surface area contributed by atoms with E-state index in [-0.39, 0.29) is 12.2 Å². The summed E-state index contributed by atoms with van der Waals surface area (Å²) in [6.07, 6.45) is 4.80. The molecule has 0 aromatic carbocycles. The van der Waals surface area contributed by atoms with E-state index in [2.05, 4.69) is 11.9 Å². The van der Waals surface area contributed by atoms with Gasteiger partial charge in [0.05, 0.1) is 19.6 Å². The zero-order chi connectivity index (χ0) is 11.8. The molecule has 0 aromatic heterocycles. The highest BCUT2D eigenvalue weighted by Crippen LogP contribution is 2.38. The molecule has 4 nitrogen and oxygen atoms in total. The molecule has 3 aliphatic rings. The maximum absolute atomic E-state index is 12.2. The monoisotopic (exact) mass is 239 g/mol. The Labute approximate surface area is 102 Å². The van der Waals surface area contributed by atoms with E-state index in [1.165, 1.54) is 12.8 Å². The van der Waals surface area contributed by atoms with Crippen molar-refractivity contribution in [3.8, 4) is 0 Å². The minimum Gasteiger partial charge on any atom is -0.350 e. The number of nitrogens with zero attached hydrogens (tertiary/aromatic N) is 1. The SMILES string of the molecule is CN1C2CCC1CC(C(=O)CC1OCCO1)C2. The first kappa shape index (κ1) is 11.6. The van der Waals surface area contributed by atoms with Crippen LogP contribution in [0, 0.1) is 5.92 Å². The Bertz CT molecular complexity index is 287. The largest absolute Gasteiger partial charge is 0.350 e. The summed E-state index contributed by atoms with van der Waals surface area (Å²) in [5.74, 6) is 0.596. The summed E-state index contributed by atoms with van der Waals surface area (Å²) in [4.78, 5) is 14.7. The number of hydrogen-bond acceptors (Lipinski definition) is 4. The van der Waals surface area contributed by atoms with Crippen LogP contribution in [0.5, 0.6) is 0 Å². The second-order valence-corrected chi connectivity index (χ2v) is 5.56. The Morgan fingerprint density at radius 3 is 2.35 bits per heavy atom. The first-order valence-corrected chi connectivity index (χ1v) is 6.72. The standard InChI is InChI=1S/C13H21NO3/c1-14-10-2-3-11(14)7-9(6-10)12(15)8-13-16-4-5-17-13/h9-11,13H,2-8H2,1H3. The molecule has 3 saturated heterocycles. The number of ketones is 1. The van der Waals surface area contributed by atoms with Crippen LogP contribution in [0.1, 0.15) is 32.1 Å². The Balaban J connectivity index is 1.56. The molecule has 0 N–H and O–H groups in total. The molecular weight excluding hydrogens is 218 g/mol. The second kappa shape index (κ2) is 4.67. The number of hydrogen-bond donors (Lipinski definition) is 0. The molecule has 0 amide bonds. The molecule has 0 spiro atoms. The molecule has 17 heavy (non-hydrogen) atoms. The lowest BCUT2D eigenvalue weighted by Gasteiger charge is -2.35. The van der Waals surface area contributed by atoms with Gasteiger partial charge in [-0.2, -0.15) is 0 Å². The predicted octanol–water partition coefficient (Wildman–Crippen LogP) is 1.19. The van der Waals surface area contributed by atoms with E-state index < -0.39 is 0 Å². The number of ether oxygens (including phenoxy) is 2. The van der Waals surface area contributed by atoms with Gasteiger partial charge in [0.1, 0.15) is 5.78 Å². The molecule has 3 aliphatic heterocycles. The van der Waals surface area contributed by atoms with Crippen molar-refractivity contribution in [1.82, 2.24) is 4.90 Å². The van der Waals surface area contributed by atoms with Gasteiger partial charge in [-0.25, -0.2) is 0 Å². The third-order valence-corrected chi connectivity index (χ3v) is 4.61. The van der Waals surface area contributed by atoms with Crippen LogP contribution in [0.15, 0.2) is 0 Å². The summed E-state index contributed by atoms with van der Waals surface area (Å²) >= 11 is 0. The van der Waals surface area contributed by atoms with Crippen molar-refractivity contribution in [2.24, 2.45) is 5.92 Å². The van der Waals surface area contributed by atoms with Crippen molar-refractivity contribution in [1.29, 1.82) is 0 Å². The average Bonchev–Trinajstić information content (AvgIpc) is 2.86. The highest BCUT2D eigenvalue weighted by Gasteiger charge is 2.41. The molecule has 2 bridgehead atoms. The van der Waals surface area contributed by atoms with Gasteiger partial charge in [0.15, 0.2) is 6.29 Å². The smallest absolute Gasteiger partial charge is 0.164 e. The second-order valence-electron chi connectivity index (χ2n) is 5.56. The molecule has 3 fully saturated rings. The quantitative estimate of drug-likeness (QED) is 0.741. The first-order valence-electron chi connectivity index (χ1n) is 6.72. The Morgan fingerprint density at radius 1 is 1.18 bits per heavy atom. The van der Waals surface area contributed by atoms with Crippen molar-refractivity contribution in [3.63, 3.8) is 0 Å². The van der Waals surface area contributed by atoms with Crippen LogP contribution < -0.4 is 0 Å². The van der Waals surface area contributed by atoms with Crippen molar-refractivity contribution in [2.45, 2.75) is 50.5 Å². The van der Waals surface area contributed by atoms with Gasteiger partial charge >= 0.3 is 0 Å². The lowest BCUT2D eigenvalue weighted by Crippen LogP contribution is -2.42. The molecule has 3 heterocycles. The molecular formula is C13H21NO3. The van der Waals surface area contributed by atoms with Crippen molar-refractivity contribution in [3.05, 3.63) is 0 Å². The molecule has 4 heteroatoms. The van der Waals surface area contributed by atoms with Crippen LogP contribution in [0.25, 0.3) is 0 Å². The van der Waals surface area contributed by atoms with E-state index >= 15 is 0 Å². The highest BCUT2D eigenvalue weighted by molar-refractivity contribution is 5.81. The first-order chi connectivity index (χ1) is 8.24. The summed E-state index contributed by atoms with van der Waals surface area (Å²) in [6.45, 7) is 1.27. The van der Waals surface area contributed by atoms with Gasteiger partial charge in [0.25, 0.3) is 0 Å². The van der Waals surface area contributed by atoms with Gasteiger partial charge in [0, 0.05) is 18.0 Å². The molecule has 2 atom stereocenters. The van der Waals surface area contributed by atoms with Crippen LogP contribution in [0.2, 0.25) is 0 Å². The summed E-state index contributed by atoms with van der Waals surface area (Å²) in [6, 6.07) is 1.27. The summed E-state index contributed by atoms with van der Waals surface area (Å²) in [5.41, 5.74) is 0. The topological polar surface area (TPSA) is 38.8 Å². The van der Waals surface area contributed by atoms with Crippen molar-refractivity contribution in [2.75, 3.05) is 20.3 Å². The fraction of sp³-hybridized carbons (Fsp3) is 0.923. The zero-order valence-electron chi connectivity index (χ0n) is 10.4. The number of fused-ring (bicyclic) bond motifs is 2. The van der Waals surface area contributed by atoms with Gasteiger partial charge < -0.3 is 14.4 Å². The molecule has 96 valence electrons. The predicted molar refractivity (Wildman–Crippen MR) is 62.6 cm³/mol. The van der Waals surface area contributed by atoms with E-state index in [4.69, 9.17) is 9.47 Å². The Kier molecular flexibility index (Phi) is 3.19. The van der Waals surface area contributed by atoms with Crippen molar-refractivity contribution >= 4 is 5.78 Å². The number of piperidine rings is 1. The van der Waals surface area contributed by atoms with Gasteiger partial charge in [0.2, 0.25) is 0 Å². The lowest BCUT2D eigenvalue weighted by molar-refractivity contribution is -0.133. The number of carbonyl (C=O) groups excluding carboxylic acids is 1. The van der Waals surface area contributed by atoms with Gasteiger partial charge in [-0.3, -0.25) is 4.79 Å². The van der Waals surface area contributed by atoms with Gasteiger partial charge in [-0.1, -0.05) is 0 Å². The van der Waals surface area contributed by atoms with E-state index in [9.17, 15) is 4.79 Å². The van der Waals surface area contributed by atoms with Crippen LogP contribution >= 0.6 is 0 Å². The highest BCUT2D eigenvalue weighted by atomic mass is 16.7. The lowest BCUT2D eigenvalue weighted by atomic mass is 9.86. The minimum absolute atomic E-state index is 0.247. The fourth-order valence-corrected chi connectivity index (χ4v) is 3.53. The molecule has 0 aliphatic carbocycles. The molecule has 2 unspecified atom stereocenters. The van der Waals surface area contributed by atoms with E-state index in [1.807, 2.05) is 0 Å². The number of rotatable bonds is 3. The van der Waals surface area contributed by atoms with Crippen LogP contribution in [0.4, 0.5) is 0 Å². The summed E-state index contributed by atoms with van der Waals surface area (Å²) in [7, 11) is 2.20. The Morgan fingerprint density at radius 2 is 1.76 bits per heavy atom. The van der Waals surface area contributed by atoms with Crippen LogP contribution in [-0.2, 0) is 14.3 Å². The van der Waals surface area contributed by atoms with E-state index in [1.54, 1.807) is 0 Å². The average molecular weight is 239 g/mol. The van der Waals surface area contributed by atoms with E-state index in [0.717, 1.165) is 12.8 Å². The Hall–Kier alpha value is -0.450. The fourth-order valence-electron chi connectivity index (χ4n) is 3.53. The summed E-state index contributed by atoms with van der Waals surface area (Å²) < 4.78 is 10.7. The third-order valence-electron chi connectivity index (χ3n) is 4.61. The molecule has 0 radical (unpaired) electrons. The van der Waals surface area contributed by atoms with E-state index in [0.29, 0.717) is 37.5 Å². The number of Topliss-reactive ketones (excluding diaryl/α,β-unsaturated/α-hetero) is 1. The number of carbonyl (C=O) groups is 1. The zero-order valence-corrected chi connectivity index (χ0v) is 10.4. The third kappa shape index (κ3) is 2.26. The maximum Gasteiger partial charge on any atom is 0.164 e. The summed E-state index contributed by atoms with van der Waals surface area (Å²) in [5, 5.41) is 0. The maximum atomic E-state index is 12.2. The van der Waals surface area contributed by atoms with Crippen molar-refractivity contribution < 1.29 is 14.3 Å². The van der Waals surface area contributed by atoms with Gasteiger partial charge in [-0.15, -0.1) is 0 Å². The normalized spacial score (nSPS) is 38.8.